The maximum atomic E-state index is 12.6. The Morgan fingerprint density at radius 1 is 1.30 bits per heavy atom. The highest BCUT2D eigenvalue weighted by Gasteiger charge is 2.33. The van der Waals surface area contributed by atoms with Crippen LogP contribution in [0.25, 0.3) is 0 Å². The molecule has 0 N–H and O–H groups in total. The molecule has 3 heterocycles. The lowest BCUT2D eigenvalue weighted by molar-refractivity contribution is -0.135. The standard InChI is InChI=1S/C15H22N2OS2/c18-15(17-8-11-19-12-9-17)14-4-1-6-16(14)7-5-13-3-2-10-20-13/h2-3,10,14H,1,4-9,11-12H2. The molecule has 1 unspecified atom stereocenters. The Balaban J connectivity index is 1.55. The first-order valence-corrected chi connectivity index (χ1v) is 9.51. The minimum Gasteiger partial charge on any atom is -0.340 e. The van der Waals surface area contributed by atoms with Gasteiger partial charge >= 0.3 is 0 Å². The fourth-order valence-corrected chi connectivity index (χ4v) is 4.68. The predicted molar refractivity (Wildman–Crippen MR) is 86.5 cm³/mol. The van der Waals surface area contributed by atoms with Gasteiger partial charge in [-0.3, -0.25) is 9.69 Å². The van der Waals surface area contributed by atoms with Gasteiger partial charge in [0, 0.05) is 36.0 Å². The van der Waals surface area contributed by atoms with Crippen LogP contribution in [0.2, 0.25) is 0 Å². The fourth-order valence-electron chi connectivity index (χ4n) is 3.08. The second-order valence-corrected chi connectivity index (χ2v) is 7.72. The van der Waals surface area contributed by atoms with Crippen LogP contribution in [0.1, 0.15) is 17.7 Å². The Hall–Kier alpha value is -0.520. The van der Waals surface area contributed by atoms with Gasteiger partial charge in [0.25, 0.3) is 0 Å². The molecule has 2 aliphatic heterocycles. The topological polar surface area (TPSA) is 23.6 Å². The van der Waals surface area contributed by atoms with Gasteiger partial charge in [-0.05, 0) is 37.3 Å². The minimum absolute atomic E-state index is 0.151. The van der Waals surface area contributed by atoms with E-state index in [2.05, 4.69) is 27.3 Å². The van der Waals surface area contributed by atoms with E-state index in [1.807, 2.05) is 23.1 Å². The highest BCUT2D eigenvalue weighted by atomic mass is 32.2. The molecule has 0 radical (unpaired) electrons. The molecule has 2 fully saturated rings. The number of hydrogen-bond donors (Lipinski definition) is 0. The minimum atomic E-state index is 0.151. The molecule has 1 aromatic heterocycles. The Morgan fingerprint density at radius 2 is 2.15 bits per heavy atom. The van der Waals surface area contributed by atoms with E-state index in [0.29, 0.717) is 5.91 Å². The molecule has 0 spiro atoms. The molecule has 2 saturated heterocycles. The lowest BCUT2D eigenvalue weighted by Crippen LogP contribution is -2.48. The first kappa shape index (κ1) is 14.4. The number of carbonyl (C=O) groups is 1. The third-order valence-electron chi connectivity index (χ3n) is 4.20. The van der Waals surface area contributed by atoms with E-state index in [-0.39, 0.29) is 6.04 Å². The largest absolute Gasteiger partial charge is 0.340 e. The SMILES string of the molecule is O=C(C1CCCN1CCc1cccs1)N1CCSCC1. The molecule has 0 bridgehead atoms. The monoisotopic (exact) mass is 310 g/mol. The van der Waals surface area contributed by atoms with Gasteiger partial charge in [-0.1, -0.05) is 6.07 Å². The lowest BCUT2D eigenvalue weighted by Gasteiger charge is -2.32. The van der Waals surface area contributed by atoms with E-state index >= 15 is 0 Å². The summed E-state index contributed by atoms with van der Waals surface area (Å²) in [5, 5.41) is 2.13. The van der Waals surface area contributed by atoms with E-state index in [1.54, 1.807) is 0 Å². The Bertz CT molecular complexity index is 429. The third-order valence-corrected chi connectivity index (χ3v) is 6.08. The Morgan fingerprint density at radius 3 is 2.90 bits per heavy atom. The summed E-state index contributed by atoms with van der Waals surface area (Å²) in [6.07, 6.45) is 3.30. The van der Waals surface area contributed by atoms with Crippen molar-refractivity contribution in [1.29, 1.82) is 0 Å². The molecule has 110 valence electrons. The van der Waals surface area contributed by atoms with Crippen LogP contribution in [0.3, 0.4) is 0 Å². The highest BCUT2D eigenvalue weighted by molar-refractivity contribution is 7.99. The van der Waals surface area contributed by atoms with Crippen molar-refractivity contribution >= 4 is 29.0 Å². The van der Waals surface area contributed by atoms with Crippen LogP contribution in [0, 0.1) is 0 Å². The molecule has 5 heteroatoms. The third kappa shape index (κ3) is 3.38. The number of amides is 1. The molecule has 3 rings (SSSR count). The van der Waals surface area contributed by atoms with E-state index in [9.17, 15) is 4.79 Å². The molecule has 0 aromatic carbocycles. The molecule has 1 aromatic rings. The Kier molecular flexibility index (Phi) is 5.02. The van der Waals surface area contributed by atoms with Crippen molar-refractivity contribution in [2.45, 2.75) is 25.3 Å². The molecule has 0 aliphatic carbocycles. The van der Waals surface area contributed by atoms with Crippen LogP contribution in [0.15, 0.2) is 17.5 Å². The average molecular weight is 310 g/mol. The summed E-state index contributed by atoms with van der Waals surface area (Å²) >= 11 is 3.78. The zero-order valence-corrected chi connectivity index (χ0v) is 13.4. The first-order valence-electron chi connectivity index (χ1n) is 7.47. The second-order valence-electron chi connectivity index (χ2n) is 5.46. The second kappa shape index (κ2) is 6.96. The van der Waals surface area contributed by atoms with Gasteiger partial charge in [0.1, 0.15) is 0 Å². The van der Waals surface area contributed by atoms with Gasteiger partial charge in [-0.15, -0.1) is 11.3 Å². The molecule has 2 aliphatic rings. The summed E-state index contributed by atoms with van der Waals surface area (Å²) in [4.78, 5) is 18.6. The van der Waals surface area contributed by atoms with Crippen molar-refractivity contribution in [3.8, 4) is 0 Å². The zero-order chi connectivity index (χ0) is 13.8. The number of rotatable bonds is 4. The number of thiophene rings is 1. The molecule has 3 nitrogen and oxygen atoms in total. The summed E-state index contributed by atoms with van der Waals surface area (Å²) in [7, 11) is 0. The highest BCUT2D eigenvalue weighted by Crippen LogP contribution is 2.22. The smallest absolute Gasteiger partial charge is 0.239 e. The molecule has 1 amide bonds. The van der Waals surface area contributed by atoms with Crippen molar-refractivity contribution in [1.82, 2.24) is 9.80 Å². The Labute approximate surface area is 129 Å². The van der Waals surface area contributed by atoms with E-state index in [4.69, 9.17) is 0 Å². The van der Waals surface area contributed by atoms with Gasteiger partial charge in [-0.25, -0.2) is 0 Å². The number of likely N-dealkylation sites (tertiary alicyclic amines) is 1. The van der Waals surface area contributed by atoms with Gasteiger partial charge in [-0.2, -0.15) is 11.8 Å². The number of carbonyl (C=O) groups excluding carboxylic acids is 1. The lowest BCUT2D eigenvalue weighted by atomic mass is 10.2. The van der Waals surface area contributed by atoms with Crippen LogP contribution in [-0.2, 0) is 11.2 Å². The fraction of sp³-hybridized carbons (Fsp3) is 0.667. The van der Waals surface area contributed by atoms with Crippen LogP contribution < -0.4 is 0 Å². The van der Waals surface area contributed by atoms with Crippen molar-refractivity contribution in [2.75, 3.05) is 37.7 Å². The van der Waals surface area contributed by atoms with Crippen LogP contribution in [0.5, 0.6) is 0 Å². The molecular formula is C15H22N2OS2. The van der Waals surface area contributed by atoms with Gasteiger partial charge < -0.3 is 4.90 Å². The van der Waals surface area contributed by atoms with Crippen molar-refractivity contribution < 1.29 is 4.79 Å². The molecule has 0 saturated carbocycles. The van der Waals surface area contributed by atoms with Crippen LogP contribution >= 0.6 is 23.1 Å². The summed E-state index contributed by atoms with van der Waals surface area (Å²) in [5.74, 6) is 2.59. The zero-order valence-electron chi connectivity index (χ0n) is 11.8. The van der Waals surface area contributed by atoms with Gasteiger partial charge in [0.15, 0.2) is 0 Å². The van der Waals surface area contributed by atoms with E-state index < -0.39 is 0 Å². The van der Waals surface area contributed by atoms with Crippen LogP contribution in [-0.4, -0.2) is 59.4 Å². The predicted octanol–water partition coefficient (Wildman–Crippen LogP) is 2.33. The molecule has 20 heavy (non-hydrogen) atoms. The van der Waals surface area contributed by atoms with Crippen molar-refractivity contribution in [2.24, 2.45) is 0 Å². The molecule has 1 atom stereocenters. The summed E-state index contributed by atoms with van der Waals surface area (Å²) in [5.41, 5.74) is 0. The average Bonchev–Trinajstić information content (AvgIpc) is 3.16. The number of nitrogens with zero attached hydrogens (tertiary/aromatic N) is 2. The maximum Gasteiger partial charge on any atom is 0.239 e. The van der Waals surface area contributed by atoms with Gasteiger partial charge in [0.05, 0.1) is 6.04 Å². The molecular weight excluding hydrogens is 288 g/mol. The number of hydrogen-bond acceptors (Lipinski definition) is 4. The first-order chi connectivity index (χ1) is 9.84. The van der Waals surface area contributed by atoms with Crippen LogP contribution in [0.4, 0.5) is 0 Å². The maximum absolute atomic E-state index is 12.6. The van der Waals surface area contributed by atoms with E-state index in [1.165, 1.54) is 11.3 Å². The summed E-state index contributed by atoms with van der Waals surface area (Å²) in [6.45, 7) is 4.00. The van der Waals surface area contributed by atoms with Crippen molar-refractivity contribution in [3.05, 3.63) is 22.4 Å². The summed E-state index contributed by atoms with van der Waals surface area (Å²) < 4.78 is 0. The van der Waals surface area contributed by atoms with E-state index in [0.717, 1.165) is 50.5 Å². The van der Waals surface area contributed by atoms with Gasteiger partial charge in [0.2, 0.25) is 5.91 Å². The number of thioether (sulfide) groups is 1. The quantitative estimate of drug-likeness (QED) is 0.853. The summed E-state index contributed by atoms with van der Waals surface area (Å²) in [6, 6.07) is 4.45. The normalized spacial score (nSPS) is 24.2. The van der Waals surface area contributed by atoms with Crippen molar-refractivity contribution in [3.63, 3.8) is 0 Å².